The quantitative estimate of drug-likeness (QED) is 0.466. The first-order valence-electron chi connectivity index (χ1n) is 10.6. The summed E-state index contributed by atoms with van der Waals surface area (Å²) in [5.41, 5.74) is 0.274. The van der Waals surface area contributed by atoms with Crippen LogP contribution in [0.3, 0.4) is 0 Å². The van der Waals surface area contributed by atoms with E-state index in [4.69, 9.17) is 4.74 Å². The number of nitrogens with zero attached hydrogens (tertiary/aromatic N) is 4. The van der Waals surface area contributed by atoms with Crippen molar-refractivity contribution in [3.05, 3.63) is 0 Å². The van der Waals surface area contributed by atoms with Crippen molar-refractivity contribution in [2.75, 3.05) is 67.1 Å². The maximum absolute atomic E-state index is 5.51. The monoisotopic (exact) mass is 365 g/mol. The molecule has 3 fully saturated rings. The smallest absolute Gasteiger partial charge is 0.193 e. The summed E-state index contributed by atoms with van der Waals surface area (Å²) in [5, 5.41) is 3.75. The van der Waals surface area contributed by atoms with E-state index < -0.39 is 0 Å². The highest BCUT2D eigenvalue weighted by Crippen LogP contribution is 2.30. The molecule has 0 radical (unpaired) electrons. The van der Waals surface area contributed by atoms with Gasteiger partial charge in [0, 0.05) is 51.4 Å². The summed E-state index contributed by atoms with van der Waals surface area (Å²) in [6.45, 7) is 7.13. The number of likely N-dealkylation sites (tertiary alicyclic amines) is 1. The second-order valence-electron chi connectivity index (χ2n) is 8.47. The standard InChI is InChI=1S/C20H39N5O/c1-21-19(22-17-20(23(2)3)9-6-4-5-7-10-20)25-11-8-18(16-25)24-12-14-26-15-13-24/h18H,4-17H2,1-3H3,(H,21,22). The number of rotatable bonds is 4. The SMILES string of the molecule is CN=C(NCC1(N(C)C)CCCCCC1)N1CCC(N2CCOCC2)C1. The molecule has 1 saturated carbocycles. The molecule has 3 rings (SSSR count). The van der Waals surface area contributed by atoms with Gasteiger partial charge in [0.2, 0.25) is 0 Å². The van der Waals surface area contributed by atoms with Gasteiger partial charge in [-0.15, -0.1) is 0 Å². The molecule has 3 aliphatic rings. The Morgan fingerprint density at radius 2 is 1.81 bits per heavy atom. The second-order valence-corrected chi connectivity index (χ2v) is 8.47. The third-order valence-corrected chi connectivity index (χ3v) is 6.80. The summed E-state index contributed by atoms with van der Waals surface area (Å²) >= 11 is 0. The third-order valence-electron chi connectivity index (χ3n) is 6.80. The van der Waals surface area contributed by atoms with E-state index in [0.717, 1.165) is 51.9 Å². The zero-order valence-electron chi connectivity index (χ0n) is 17.2. The summed E-state index contributed by atoms with van der Waals surface area (Å²) < 4.78 is 5.51. The van der Waals surface area contributed by atoms with Crippen LogP contribution in [0.25, 0.3) is 0 Å². The fourth-order valence-electron chi connectivity index (χ4n) is 4.92. The lowest BCUT2D eigenvalue weighted by atomic mass is 9.88. The number of hydrogen-bond donors (Lipinski definition) is 1. The molecule has 1 atom stereocenters. The topological polar surface area (TPSA) is 43.3 Å². The highest BCUT2D eigenvalue weighted by Gasteiger charge is 2.35. The maximum Gasteiger partial charge on any atom is 0.193 e. The molecule has 1 aliphatic carbocycles. The molecule has 6 nitrogen and oxygen atoms in total. The minimum absolute atomic E-state index is 0.274. The van der Waals surface area contributed by atoms with Crippen LogP contribution in [0.4, 0.5) is 0 Å². The summed E-state index contributed by atoms with van der Waals surface area (Å²) in [6, 6.07) is 0.651. The highest BCUT2D eigenvalue weighted by molar-refractivity contribution is 5.80. The lowest BCUT2D eigenvalue weighted by Gasteiger charge is -2.40. The Bertz CT molecular complexity index is 453. The lowest BCUT2D eigenvalue weighted by Crippen LogP contribution is -2.55. The van der Waals surface area contributed by atoms with Gasteiger partial charge in [-0.3, -0.25) is 9.89 Å². The highest BCUT2D eigenvalue weighted by atomic mass is 16.5. The van der Waals surface area contributed by atoms with Crippen molar-refractivity contribution in [1.29, 1.82) is 0 Å². The van der Waals surface area contributed by atoms with Gasteiger partial charge in [-0.1, -0.05) is 25.7 Å². The number of likely N-dealkylation sites (N-methyl/N-ethyl adjacent to an activating group) is 1. The molecule has 2 saturated heterocycles. The summed E-state index contributed by atoms with van der Waals surface area (Å²) in [4.78, 5) is 12.1. The van der Waals surface area contributed by atoms with E-state index in [0.29, 0.717) is 6.04 Å². The molecule has 1 N–H and O–H groups in total. The fourth-order valence-corrected chi connectivity index (χ4v) is 4.92. The van der Waals surface area contributed by atoms with Crippen LogP contribution in [-0.2, 0) is 4.74 Å². The average molecular weight is 366 g/mol. The number of ether oxygens (including phenoxy) is 1. The van der Waals surface area contributed by atoms with Crippen molar-refractivity contribution in [3.8, 4) is 0 Å². The van der Waals surface area contributed by atoms with Gasteiger partial charge < -0.3 is 19.9 Å². The number of morpholine rings is 1. The fraction of sp³-hybridized carbons (Fsp3) is 0.950. The van der Waals surface area contributed by atoms with E-state index in [1.54, 1.807) is 0 Å². The van der Waals surface area contributed by atoms with E-state index in [9.17, 15) is 0 Å². The van der Waals surface area contributed by atoms with Gasteiger partial charge in [-0.25, -0.2) is 0 Å². The molecule has 0 spiro atoms. The molecule has 2 aliphatic heterocycles. The molecule has 0 aromatic carbocycles. The van der Waals surface area contributed by atoms with Gasteiger partial charge in [-0.05, 0) is 33.4 Å². The van der Waals surface area contributed by atoms with Crippen molar-refractivity contribution in [2.24, 2.45) is 4.99 Å². The third kappa shape index (κ3) is 4.70. The molecule has 0 aromatic heterocycles. The van der Waals surface area contributed by atoms with Gasteiger partial charge in [0.15, 0.2) is 5.96 Å². The minimum Gasteiger partial charge on any atom is -0.379 e. The van der Waals surface area contributed by atoms with Gasteiger partial charge in [0.05, 0.1) is 13.2 Å². The number of guanidine groups is 1. The second kappa shape index (κ2) is 9.38. The minimum atomic E-state index is 0.274. The summed E-state index contributed by atoms with van der Waals surface area (Å²) in [5.74, 6) is 1.09. The maximum atomic E-state index is 5.51. The Morgan fingerprint density at radius 3 is 2.42 bits per heavy atom. The van der Waals surface area contributed by atoms with Crippen LogP contribution < -0.4 is 5.32 Å². The zero-order chi connectivity index (χ0) is 18.4. The van der Waals surface area contributed by atoms with Crippen molar-refractivity contribution < 1.29 is 4.74 Å². The Morgan fingerprint density at radius 1 is 1.12 bits per heavy atom. The zero-order valence-corrected chi connectivity index (χ0v) is 17.2. The van der Waals surface area contributed by atoms with Crippen LogP contribution in [-0.4, -0.2) is 99.3 Å². The molecule has 0 amide bonds. The Balaban J connectivity index is 1.55. The number of hydrogen-bond acceptors (Lipinski definition) is 4. The predicted octanol–water partition coefficient (Wildman–Crippen LogP) is 1.62. The summed E-state index contributed by atoms with van der Waals surface area (Å²) in [6.07, 6.45) is 9.29. The predicted molar refractivity (Wildman–Crippen MR) is 108 cm³/mol. The van der Waals surface area contributed by atoms with Gasteiger partial charge in [0.1, 0.15) is 0 Å². The Kier molecular flexibility index (Phi) is 7.18. The van der Waals surface area contributed by atoms with Crippen molar-refractivity contribution >= 4 is 5.96 Å². The average Bonchev–Trinajstić information content (AvgIpc) is 3.02. The lowest BCUT2D eigenvalue weighted by molar-refractivity contribution is 0.0194. The van der Waals surface area contributed by atoms with Crippen LogP contribution in [0, 0.1) is 0 Å². The van der Waals surface area contributed by atoms with Crippen LogP contribution in [0.5, 0.6) is 0 Å². The number of aliphatic imine (C=N–C) groups is 1. The van der Waals surface area contributed by atoms with Crippen LogP contribution in [0.1, 0.15) is 44.9 Å². The van der Waals surface area contributed by atoms with Crippen molar-refractivity contribution in [3.63, 3.8) is 0 Å². The molecule has 0 bridgehead atoms. The van der Waals surface area contributed by atoms with Crippen LogP contribution >= 0.6 is 0 Å². The first kappa shape index (κ1) is 19.9. The Hall–Kier alpha value is -0.850. The first-order valence-corrected chi connectivity index (χ1v) is 10.6. The largest absolute Gasteiger partial charge is 0.379 e. The number of nitrogens with one attached hydrogen (secondary N) is 1. The van der Waals surface area contributed by atoms with E-state index in [-0.39, 0.29) is 5.54 Å². The molecule has 2 heterocycles. The molecular weight excluding hydrogens is 326 g/mol. The van der Waals surface area contributed by atoms with Gasteiger partial charge >= 0.3 is 0 Å². The molecule has 6 heteroatoms. The Labute approximate surface area is 159 Å². The van der Waals surface area contributed by atoms with Gasteiger partial charge in [0.25, 0.3) is 0 Å². The van der Waals surface area contributed by atoms with E-state index in [1.165, 1.54) is 44.9 Å². The first-order chi connectivity index (χ1) is 12.6. The van der Waals surface area contributed by atoms with E-state index in [2.05, 4.69) is 39.1 Å². The normalized spacial score (nSPS) is 28.4. The molecule has 26 heavy (non-hydrogen) atoms. The van der Waals surface area contributed by atoms with Crippen molar-refractivity contribution in [1.82, 2.24) is 20.0 Å². The molecule has 1 unspecified atom stereocenters. The molecule has 150 valence electrons. The summed E-state index contributed by atoms with van der Waals surface area (Å²) in [7, 11) is 6.43. The van der Waals surface area contributed by atoms with E-state index in [1.807, 2.05) is 7.05 Å². The molecular formula is C20H39N5O. The van der Waals surface area contributed by atoms with Crippen molar-refractivity contribution in [2.45, 2.75) is 56.5 Å². The van der Waals surface area contributed by atoms with Crippen LogP contribution in [0.2, 0.25) is 0 Å². The van der Waals surface area contributed by atoms with Gasteiger partial charge in [-0.2, -0.15) is 0 Å². The molecule has 0 aromatic rings. The van der Waals surface area contributed by atoms with Crippen LogP contribution in [0.15, 0.2) is 4.99 Å². The van der Waals surface area contributed by atoms with E-state index >= 15 is 0 Å².